The maximum atomic E-state index is 12.9. The molecule has 2 unspecified atom stereocenters. The summed E-state index contributed by atoms with van der Waals surface area (Å²) in [5.41, 5.74) is 3.02. The second kappa shape index (κ2) is 7.47. The zero-order valence-corrected chi connectivity index (χ0v) is 14.7. The summed E-state index contributed by atoms with van der Waals surface area (Å²) >= 11 is 0. The molecule has 2 saturated heterocycles. The van der Waals surface area contributed by atoms with Crippen LogP contribution < -0.4 is 0 Å². The predicted molar refractivity (Wildman–Crippen MR) is 93.2 cm³/mol. The highest BCUT2D eigenvalue weighted by Crippen LogP contribution is 2.25. The second-order valence-corrected chi connectivity index (χ2v) is 7.10. The molecule has 1 aromatic carbocycles. The summed E-state index contributed by atoms with van der Waals surface area (Å²) in [6, 6.07) is 5.52. The maximum Gasteiger partial charge on any atom is 0.225 e. The van der Waals surface area contributed by atoms with Crippen molar-refractivity contribution in [2.24, 2.45) is 0 Å². The van der Waals surface area contributed by atoms with E-state index >= 15 is 0 Å². The minimum atomic E-state index is -0.303. The summed E-state index contributed by atoms with van der Waals surface area (Å²) in [5, 5.41) is 0. The van der Waals surface area contributed by atoms with Gasteiger partial charge in [-0.1, -0.05) is 12.1 Å². The summed E-state index contributed by atoms with van der Waals surface area (Å²) in [4.78, 5) is 27.4. The molecule has 0 aliphatic carbocycles. The molecule has 0 radical (unpaired) electrons. The molecule has 0 saturated carbocycles. The van der Waals surface area contributed by atoms with E-state index in [4.69, 9.17) is 4.74 Å². The number of nitrogens with zero attached hydrogens (tertiary/aromatic N) is 1. The fourth-order valence-corrected chi connectivity index (χ4v) is 3.71. The molecule has 0 N–H and O–H groups in total. The van der Waals surface area contributed by atoms with E-state index in [2.05, 4.69) is 0 Å². The fourth-order valence-electron chi connectivity index (χ4n) is 3.71. The van der Waals surface area contributed by atoms with Gasteiger partial charge in [-0.05, 0) is 63.1 Å². The van der Waals surface area contributed by atoms with E-state index in [1.807, 2.05) is 32.0 Å². The van der Waals surface area contributed by atoms with Crippen LogP contribution in [0.1, 0.15) is 60.0 Å². The highest BCUT2D eigenvalue weighted by Gasteiger charge is 2.35. The highest BCUT2D eigenvalue weighted by atomic mass is 16.5. The number of likely N-dealkylation sites (tertiary alicyclic amines) is 1. The van der Waals surface area contributed by atoms with Gasteiger partial charge in [0.05, 0.1) is 18.6 Å². The molecule has 4 heteroatoms. The van der Waals surface area contributed by atoms with Gasteiger partial charge in [0.1, 0.15) is 0 Å². The van der Waals surface area contributed by atoms with Crippen LogP contribution in [0.3, 0.4) is 0 Å². The Labute approximate surface area is 144 Å². The average Bonchev–Trinajstić information content (AvgIpc) is 3.07. The molecule has 1 amide bonds. The van der Waals surface area contributed by atoms with E-state index in [1.165, 1.54) is 5.56 Å². The molecule has 2 aliphatic rings. The van der Waals surface area contributed by atoms with Crippen LogP contribution >= 0.6 is 0 Å². The largest absolute Gasteiger partial charge is 0.378 e. The monoisotopic (exact) mass is 329 g/mol. The Bertz CT molecular complexity index is 619. The molecule has 24 heavy (non-hydrogen) atoms. The molecule has 2 atom stereocenters. The topological polar surface area (TPSA) is 46.6 Å². The average molecular weight is 329 g/mol. The number of rotatable bonds is 4. The third kappa shape index (κ3) is 3.69. The van der Waals surface area contributed by atoms with Crippen molar-refractivity contribution in [2.45, 2.75) is 64.5 Å². The van der Waals surface area contributed by atoms with Gasteiger partial charge in [-0.25, -0.2) is 0 Å². The van der Waals surface area contributed by atoms with Crippen LogP contribution in [0.15, 0.2) is 18.2 Å². The Morgan fingerprint density at radius 2 is 1.96 bits per heavy atom. The number of benzene rings is 1. The molecule has 3 rings (SSSR count). The summed E-state index contributed by atoms with van der Waals surface area (Å²) < 4.78 is 5.68. The number of hydrogen-bond acceptors (Lipinski definition) is 3. The van der Waals surface area contributed by atoms with Crippen molar-refractivity contribution in [1.29, 1.82) is 0 Å². The van der Waals surface area contributed by atoms with Crippen molar-refractivity contribution >= 4 is 11.7 Å². The van der Waals surface area contributed by atoms with Crippen molar-refractivity contribution in [2.75, 3.05) is 13.2 Å². The number of ether oxygens (including phenoxy) is 1. The van der Waals surface area contributed by atoms with Crippen LogP contribution in [0.4, 0.5) is 0 Å². The van der Waals surface area contributed by atoms with Crippen LogP contribution in [0.5, 0.6) is 0 Å². The second-order valence-electron chi connectivity index (χ2n) is 7.10. The van der Waals surface area contributed by atoms with Crippen molar-refractivity contribution in [3.8, 4) is 0 Å². The molecule has 1 aromatic rings. The number of Topliss-reactive ketones (excluding diaryl/α,β-unsaturated/α-hetero) is 1. The summed E-state index contributed by atoms with van der Waals surface area (Å²) in [6.45, 7) is 5.50. The number of carbonyl (C=O) groups is 2. The maximum absolute atomic E-state index is 12.9. The molecule has 130 valence electrons. The number of amides is 1. The van der Waals surface area contributed by atoms with Crippen molar-refractivity contribution in [3.63, 3.8) is 0 Å². The van der Waals surface area contributed by atoms with E-state index in [9.17, 15) is 9.59 Å². The number of hydrogen-bond donors (Lipinski definition) is 0. The van der Waals surface area contributed by atoms with Crippen molar-refractivity contribution in [1.82, 2.24) is 4.90 Å². The third-order valence-electron chi connectivity index (χ3n) is 5.34. The molecule has 0 aromatic heterocycles. The van der Waals surface area contributed by atoms with Crippen molar-refractivity contribution in [3.05, 3.63) is 34.9 Å². The van der Waals surface area contributed by atoms with Gasteiger partial charge in [-0.3, -0.25) is 9.59 Å². The first-order valence-electron chi connectivity index (χ1n) is 9.09. The number of ketones is 1. The first-order valence-corrected chi connectivity index (χ1v) is 9.09. The van der Waals surface area contributed by atoms with E-state index in [0.29, 0.717) is 13.0 Å². The Kier molecular flexibility index (Phi) is 5.34. The van der Waals surface area contributed by atoms with Crippen LogP contribution in [-0.2, 0) is 9.53 Å². The van der Waals surface area contributed by atoms with E-state index in [1.54, 1.807) is 4.90 Å². The molecule has 2 fully saturated rings. The summed E-state index contributed by atoms with van der Waals surface area (Å²) in [7, 11) is 0. The predicted octanol–water partition coefficient (Wildman–Crippen LogP) is 3.44. The highest BCUT2D eigenvalue weighted by molar-refractivity contribution is 6.02. The lowest BCUT2D eigenvalue weighted by atomic mass is 9.98. The van der Waals surface area contributed by atoms with Gasteiger partial charge in [-0.2, -0.15) is 0 Å². The minimum Gasteiger partial charge on any atom is -0.378 e. The number of carbonyl (C=O) groups excluding carboxylic acids is 2. The van der Waals surface area contributed by atoms with Crippen LogP contribution in [-0.4, -0.2) is 41.9 Å². The molecule has 0 bridgehead atoms. The van der Waals surface area contributed by atoms with Gasteiger partial charge in [0.15, 0.2) is 5.78 Å². The smallest absolute Gasteiger partial charge is 0.225 e. The lowest BCUT2D eigenvalue weighted by molar-refractivity contribution is -0.135. The summed E-state index contributed by atoms with van der Waals surface area (Å²) in [6.07, 6.45) is 5.28. The fraction of sp³-hybridized carbons (Fsp3) is 0.600. The Balaban J connectivity index is 1.68. The van der Waals surface area contributed by atoms with E-state index < -0.39 is 0 Å². The summed E-state index contributed by atoms with van der Waals surface area (Å²) in [5.74, 6) is 0.148. The number of aryl methyl sites for hydroxylation is 2. The Morgan fingerprint density at radius 1 is 1.12 bits per heavy atom. The van der Waals surface area contributed by atoms with E-state index in [-0.39, 0.29) is 23.8 Å². The zero-order chi connectivity index (χ0) is 17.1. The van der Waals surface area contributed by atoms with Gasteiger partial charge in [-0.15, -0.1) is 0 Å². The van der Waals surface area contributed by atoms with Crippen LogP contribution in [0.25, 0.3) is 0 Å². The lowest BCUT2D eigenvalue weighted by Gasteiger charge is -2.28. The van der Waals surface area contributed by atoms with Gasteiger partial charge in [0.25, 0.3) is 0 Å². The van der Waals surface area contributed by atoms with Crippen LogP contribution in [0, 0.1) is 13.8 Å². The van der Waals surface area contributed by atoms with Crippen LogP contribution in [0.2, 0.25) is 0 Å². The normalized spacial score (nSPS) is 24.2. The van der Waals surface area contributed by atoms with E-state index in [0.717, 1.165) is 49.8 Å². The third-order valence-corrected chi connectivity index (χ3v) is 5.34. The minimum absolute atomic E-state index is 0.0317. The van der Waals surface area contributed by atoms with Gasteiger partial charge in [0, 0.05) is 18.7 Å². The van der Waals surface area contributed by atoms with Gasteiger partial charge >= 0.3 is 0 Å². The van der Waals surface area contributed by atoms with Gasteiger partial charge < -0.3 is 9.64 Å². The van der Waals surface area contributed by atoms with Crippen molar-refractivity contribution < 1.29 is 14.3 Å². The molecule has 2 aliphatic heterocycles. The molecular formula is C20H27NO3. The lowest BCUT2D eigenvalue weighted by Crippen LogP contribution is -2.42. The first-order chi connectivity index (χ1) is 11.6. The SMILES string of the molecule is Cc1ccc(C(=O)C2CCCN2C(=O)CC2CCCCO2)cc1C. The zero-order valence-electron chi connectivity index (χ0n) is 14.7. The quantitative estimate of drug-likeness (QED) is 0.795. The van der Waals surface area contributed by atoms with Gasteiger partial charge in [0.2, 0.25) is 5.91 Å². The Morgan fingerprint density at radius 3 is 2.67 bits per heavy atom. The Hall–Kier alpha value is -1.68. The molecule has 2 heterocycles. The molecular weight excluding hydrogens is 302 g/mol. The molecule has 0 spiro atoms. The molecule has 4 nitrogen and oxygen atoms in total. The standard InChI is InChI=1S/C20H27NO3/c1-14-8-9-16(12-15(14)2)20(23)18-7-5-10-21(18)19(22)13-17-6-3-4-11-24-17/h8-9,12,17-18H,3-7,10-11,13H2,1-2H3. The first kappa shape index (κ1) is 17.2.